The summed E-state index contributed by atoms with van der Waals surface area (Å²) in [7, 11) is 0. The second kappa shape index (κ2) is 9.42. The average molecular weight is 344 g/mol. The fourth-order valence-corrected chi connectivity index (χ4v) is 2.56. The van der Waals surface area contributed by atoms with Crippen molar-refractivity contribution in [3.05, 3.63) is 54.6 Å². The quantitative estimate of drug-likeness (QED) is 0.795. The molecule has 0 radical (unpaired) electrons. The lowest BCUT2D eigenvalue weighted by Gasteiger charge is -2.23. The third kappa shape index (κ3) is 6.05. The summed E-state index contributed by atoms with van der Waals surface area (Å²) in [6.07, 6.45) is 1.30. The van der Waals surface area contributed by atoms with Crippen LogP contribution < -0.4 is 9.47 Å². The van der Waals surface area contributed by atoms with E-state index in [1.165, 1.54) is 0 Å². The molecule has 1 saturated heterocycles. The van der Waals surface area contributed by atoms with Crippen LogP contribution >= 0.6 is 0 Å². The molecule has 1 aliphatic heterocycles. The standard InChI is InChI=1S/C20H24O5/c21-16(15-24-18-10-12-22-13-11-18)14-23-17-6-8-20(9-7-17)25-19-4-2-1-3-5-19/h1-9,16,18,21H,10-15H2. The van der Waals surface area contributed by atoms with Gasteiger partial charge in [-0.2, -0.15) is 0 Å². The Morgan fingerprint density at radius 2 is 1.52 bits per heavy atom. The maximum atomic E-state index is 9.98. The molecule has 134 valence electrons. The van der Waals surface area contributed by atoms with E-state index in [0.717, 1.165) is 37.6 Å². The summed E-state index contributed by atoms with van der Waals surface area (Å²) >= 11 is 0. The number of para-hydroxylation sites is 1. The number of benzene rings is 2. The van der Waals surface area contributed by atoms with E-state index in [1.54, 1.807) is 0 Å². The molecule has 2 aromatic carbocycles. The van der Waals surface area contributed by atoms with Crippen molar-refractivity contribution < 1.29 is 24.1 Å². The highest BCUT2D eigenvalue weighted by Crippen LogP contribution is 2.23. The molecule has 1 fully saturated rings. The lowest BCUT2D eigenvalue weighted by atomic mass is 10.1. The Bertz CT molecular complexity index is 608. The molecule has 1 atom stereocenters. The Balaban J connectivity index is 1.39. The first-order chi connectivity index (χ1) is 12.3. The van der Waals surface area contributed by atoms with Gasteiger partial charge in [0.15, 0.2) is 0 Å². The van der Waals surface area contributed by atoms with Crippen LogP contribution in [0.3, 0.4) is 0 Å². The number of hydrogen-bond donors (Lipinski definition) is 1. The monoisotopic (exact) mass is 344 g/mol. The second-order valence-corrected chi connectivity index (χ2v) is 6.00. The van der Waals surface area contributed by atoms with Gasteiger partial charge < -0.3 is 24.1 Å². The number of hydrogen-bond acceptors (Lipinski definition) is 5. The van der Waals surface area contributed by atoms with Gasteiger partial charge >= 0.3 is 0 Å². The van der Waals surface area contributed by atoms with Crippen LogP contribution in [-0.2, 0) is 9.47 Å². The highest BCUT2D eigenvalue weighted by atomic mass is 16.5. The fourth-order valence-electron chi connectivity index (χ4n) is 2.56. The zero-order valence-corrected chi connectivity index (χ0v) is 14.2. The van der Waals surface area contributed by atoms with Crippen molar-refractivity contribution in [3.63, 3.8) is 0 Å². The van der Waals surface area contributed by atoms with E-state index in [2.05, 4.69) is 0 Å². The highest BCUT2D eigenvalue weighted by molar-refractivity contribution is 5.35. The minimum atomic E-state index is -0.650. The molecule has 0 saturated carbocycles. The Labute approximate surface area is 148 Å². The van der Waals surface area contributed by atoms with Crippen LogP contribution in [-0.4, -0.2) is 43.7 Å². The maximum Gasteiger partial charge on any atom is 0.127 e. The third-order valence-corrected chi connectivity index (χ3v) is 3.94. The van der Waals surface area contributed by atoms with E-state index < -0.39 is 6.10 Å². The number of aliphatic hydroxyl groups is 1. The predicted molar refractivity (Wildman–Crippen MR) is 94.3 cm³/mol. The topological polar surface area (TPSA) is 57.2 Å². The fraction of sp³-hybridized carbons (Fsp3) is 0.400. The van der Waals surface area contributed by atoms with Gasteiger partial charge in [0.25, 0.3) is 0 Å². The molecule has 1 N–H and O–H groups in total. The number of ether oxygens (including phenoxy) is 4. The third-order valence-electron chi connectivity index (χ3n) is 3.94. The van der Waals surface area contributed by atoms with E-state index in [0.29, 0.717) is 5.75 Å². The van der Waals surface area contributed by atoms with Gasteiger partial charge in [-0.25, -0.2) is 0 Å². The van der Waals surface area contributed by atoms with E-state index in [9.17, 15) is 5.11 Å². The molecule has 5 heteroatoms. The normalized spacial score (nSPS) is 16.4. The van der Waals surface area contributed by atoms with Gasteiger partial charge in [0.1, 0.15) is 30.0 Å². The first-order valence-electron chi connectivity index (χ1n) is 8.63. The summed E-state index contributed by atoms with van der Waals surface area (Å²) in [5.41, 5.74) is 0. The van der Waals surface area contributed by atoms with Gasteiger partial charge in [0.2, 0.25) is 0 Å². The van der Waals surface area contributed by atoms with Crippen LogP contribution in [0.2, 0.25) is 0 Å². The largest absolute Gasteiger partial charge is 0.491 e. The van der Waals surface area contributed by atoms with Crippen molar-refractivity contribution >= 4 is 0 Å². The summed E-state index contributed by atoms with van der Waals surface area (Å²) < 4.78 is 22.3. The Morgan fingerprint density at radius 1 is 0.880 bits per heavy atom. The zero-order chi connectivity index (χ0) is 17.3. The molecule has 0 spiro atoms. The van der Waals surface area contributed by atoms with Crippen LogP contribution in [0.25, 0.3) is 0 Å². The molecular formula is C20H24O5. The molecule has 5 nitrogen and oxygen atoms in total. The molecule has 25 heavy (non-hydrogen) atoms. The molecule has 0 bridgehead atoms. The van der Waals surface area contributed by atoms with Crippen molar-refractivity contribution in [3.8, 4) is 17.2 Å². The summed E-state index contributed by atoms with van der Waals surface area (Å²) in [5, 5.41) is 9.98. The molecule has 1 aliphatic rings. The predicted octanol–water partition coefficient (Wildman–Crippen LogP) is 3.41. The Kier molecular flexibility index (Phi) is 6.68. The van der Waals surface area contributed by atoms with E-state index in [4.69, 9.17) is 18.9 Å². The number of aliphatic hydroxyl groups excluding tert-OH is 1. The number of rotatable bonds is 8. The molecule has 2 aromatic rings. The lowest BCUT2D eigenvalue weighted by Crippen LogP contribution is -2.30. The summed E-state index contributed by atoms with van der Waals surface area (Å²) in [5.74, 6) is 2.21. The highest BCUT2D eigenvalue weighted by Gasteiger charge is 2.16. The van der Waals surface area contributed by atoms with Gasteiger partial charge in [0, 0.05) is 13.2 Å². The molecule has 1 unspecified atom stereocenters. The summed E-state index contributed by atoms with van der Waals surface area (Å²) in [6.45, 7) is 1.94. The SMILES string of the molecule is OC(COc1ccc(Oc2ccccc2)cc1)COC1CCOCC1. The minimum Gasteiger partial charge on any atom is -0.491 e. The van der Waals surface area contributed by atoms with Gasteiger partial charge in [-0.15, -0.1) is 0 Å². The molecule has 3 rings (SSSR count). The van der Waals surface area contributed by atoms with E-state index >= 15 is 0 Å². The molecule has 0 aromatic heterocycles. The summed E-state index contributed by atoms with van der Waals surface area (Å²) in [6, 6.07) is 16.9. The first-order valence-corrected chi connectivity index (χ1v) is 8.63. The molecular weight excluding hydrogens is 320 g/mol. The Morgan fingerprint density at radius 3 is 2.24 bits per heavy atom. The van der Waals surface area contributed by atoms with Crippen LogP contribution in [0.4, 0.5) is 0 Å². The van der Waals surface area contributed by atoms with Crippen molar-refractivity contribution in [1.29, 1.82) is 0 Å². The minimum absolute atomic E-state index is 0.179. The summed E-state index contributed by atoms with van der Waals surface area (Å²) in [4.78, 5) is 0. The molecule has 0 aliphatic carbocycles. The van der Waals surface area contributed by atoms with Gasteiger partial charge in [0.05, 0.1) is 12.7 Å². The van der Waals surface area contributed by atoms with Gasteiger partial charge in [-0.1, -0.05) is 18.2 Å². The van der Waals surface area contributed by atoms with Crippen molar-refractivity contribution in [2.75, 3.05) is 26.4 Å². The Hall–Kier alpha value is -2.08. The van der Waals surface area contributed by atoms with Crippen molar-refractivity contribution in [2.24, 2.45) is 0 Å². The van der Waals surface area contributed by atoms with Crippen LogP contribution in [0.1, 0.15) is 12.8 Å². The van der Waals surface area contributed by atoms with Crippen molar-refractivity contribution in [2.45, 2.75) is 25.0 Å². The van der Waals surface area contributed by atoms with E-state index in [1.807, 2.05) is 54.6 Å². The average Bonchev–Trinajstić information content (AvgIpc) is 2.67. The first kappa shape index (κ1) is 17.7. The van der Waals surface area contributed by atoms with Gasteiger partial charge in [-0.05, 0) is 49.2 Å². The van der Waals surface area contributed by atoms with E-state index in [-0.39, 0.29) is 19.3 Å². The smallest absolute Gasteiger partial charge is 0.127 e. The molecule has 0 amide bonds. The van der Waals surface area contributed by atoms with Gasteiger partial charge in [-0.3, -0.25) is 0 Å². The molecule has 1 heterocycles. The maximum absolute atomic E-state index is 9.98. The van der Waals surface area contributed by atoms with Crippen LogP contribution in [0, 0.1) is 0 Å². The lowest BCUT2D eigenvalue weighted by molar-refractivity contribution is -0.0659. The van der Waals surface area contributed by atoms with Crippen LogP contribution in [0.15, 0.2) is 54.6 Å². The van der Waals surface area contributed by atoms with Crippen LogP contribution in [0.5, 0.6) is 17.2 Å². The zero-order valence-electron chi connectivity index (χ0n) is 14.2. The van der Waals surface area contributed by atoms with Crippen molar-refractivity contribution in [1.82, 2.24) is 0 Å². The second-order valence-electron chi connectivity index (χ2n) is 6.00.